The van der Waals surface area contributed by atoms with Crippen molar-refractivity contribution in [1.82, 2.24) is 0 Å². The average molecular weight is 257 g/mol. The van der Waals surface area contributed by atoms with Crippen molar-refractivity contribution in [2.75, 3.05) is 19.5 Å². The van der Waals surface area contributed by atoms with Gasteiger partial charge < -0.3 is 15.2 Å². The first kappa shape index (κ1) is 13.3. The summed E-state index contributed by atoms with van der Waals surface area (Å²) in [6.07, 6.45) is 1.93. The first-order chi connectivity index (χ1) is 9.28. The minimum Gasteiger partial charge on any atom is -0.497 e. The fourth-order valence-corrected chi connectivity index (χ4v) is 1.91. The van der Waals surface area contributed by atoms with E-state index in [4.69, 9.17) is 15.2 Å². The van der Waals surface area contributed by atoms with Gasteiger partial charge in [-0.1, -0.05) is 18.2 Å². The monoisotopic (exact) mass is 257 g/mol. The van der Waals surface area contributed by atoms with E-state index in [0.717, 1.165) is 30.0 Å². The summed E-state index contributed by atoms with van der Waals surface area (Å²) < 4.78 is 10.8. The fourth-order valence-electron chi connectivity index (χ4n) is 1.91. The highest BCUT2D eigenvalue weighted by Gasteiger charge is 1.98. The molecule has 0 atom stereocenters. The lowest BCUT2D eigenvalue weighted by Gasteiger charge is -2.08. The van der Waals surface area contributed by atoms with Crippen LogP contribution in [0.1, 0.15) is 12.0 Å². The molecule has 2 rings (SSSR count). The maximum Gasteiger partial charge on any atom is 0.122 e. The van der Waals surface area contributed by atoms with Crippen molar-refractivity contribution in [2.45, 2.75) is 12.8 Å². The summed E-state index contributed by atoms with van der Waals surface area (Å²) >= 11 is 0. The fraction of sp³-hybridized carbons (Fsp3) is 0.250. The Labute approximate surface area is 114 Å². The van der Waals surface area contributed by atoms with E-state index in [2.05, 4.69) is 6.07 Å². The van der Waals surface area contributed by atoms with Crippen LogP contribution in [0.3, 0.4) is 0 Å². The van der Waals surface area contributed by atoms with Crippen LogP contribution in [0, 0.1) is 0 Å². The molecular formula is C16H19NO2. The van der Waals surface area contributed by atoms with E-state index in [1.165, 1.54) is 5.56 Å². The van der Waals surface area contributed by atoms with Gasteiger partial charge in [0.1, 0.15) is 11.5 Å². The van der Waals surface area contributed by atoms with Gasteiger partial charge in [0.05, 0.1) is 13.7 Å². The summed E-state index contributed by atoms with van der Waals surface area (Å²) in [6, 6.07) is 15.6. The van der Waals surface area contributed by atoms with Crippen LogP contribution in [0.2, 0.25) is 0 Å². The van der Waals surface area contributed by atoms with E-state index in [9.17, 15) is 0 Å². The zero-order valence-electron chi connectivity index (χ0n) is 11.1. The molecule has 0 unspecified atom stereocenters. The molecule has 0 fully saturated rings. The van der Waals surface area contributed by atoms with E-state index in [1.54, 1.807) is 7.11 Å². The Balaban J connectivity index is 1.77. The van der Waals surface area contributed by atoms with Gasteiger partial charge in [-0.25, -0.2) is 0 Å². The second-order valence-electron chi connectivity index (χ2n) is 4.38. The molecule has 2 aromatic carbocycles. The molecule has 2 aromatic rings. The zero-order valence-corrected chi connectivity index (χ0v) is 11.1. The van der Waals surface area contributed by atoms with E-state index in [1.807, 2.05) is 42.5 Å². The summed E-state index contributed by atoms with van der Waals surface area (Å²) in [5, 5.41) is 0. The lowest BCUT2D eigenvalue weighted by atomic mass is 10.1. The van der Waals surface area contributed by atoms with Gasteiger partial charge >= 0.3 is 0 Å². The number of hydrogen-bond acceptors (Lipinski definition) is 3. The molecule has 2 N–H and O–H groups in total. The summed E-state index contributed by atoms with van der Waals surface area (Å²) in [5.41, 5.74) is 7.80. The van der Waals surface area contributed by atoms with Crippen LogP contribution in [0.5, 0.6) is 11.5 Å². The van der Waals surface area contributed by atoms with E-state index in [0.29, 0.717) is 6.61 Å². The molecule has 0 aromatic heterocycles. The maximum atomic E-state index is 5.74. The van der Waals surface area contributed by atoms with Gasteiger partial charge in [-0.05, 0) is 42.7 Å². The molecular weight excluding hydrogens is 238 g/mol. The first-order valence-electron chi connectivity index (χ1n) is 6.39. The largest absolute Gasteiger partial charge is 0.497 e. The molecule has 0 bridgehead atoms. The molecule has 0 amide bonds. The van der Waals surface area contributed by atoms with Crippen LogP contribution in [0.4, 0.5) is 5.69 Å². The Morgan fingerprint density at radius 2 is 1.79 bits per heavy atom. The summed E-state index contributed by atoms with van der Waals surface area (Å²) in [7, 11) is 1.65. The molecule has 0 saturated carbocycles. The van der Waals surface area contributed by atoms with Crippen LogP contribution in [-0.4, -0.2) is 13.7 Å². The molecule has 100 valence electrons. The Hall–Kier alpha value is -2.16. The second kappa shape index (κ2) is 6.69. The van der Waals surface area contributed by atoms with E-state index >= 15 is 0 Å². The van der Waals surface area contributed by atoms with Gasteiger partial charge in [0, 0.05) is 11.8 Å². The number of aryl methyl sites for hydroxylation is 1. The van der Waals surface area contributed by atoms with Gasteiger partial charge in [0.15, 0.2) is 0 Å². The number of benzene rings is 2. The Morgan fingerprint density at radius 1 is 1.00 bits per heavy atom. The number of rotatable bonds is 6. The predicted octanol–water partition coefficient (Wildman–Crippen LogP) is 3.29. The van der Waals surface area contributed by atoms with Crippen molar-refractivity contribution >= 4 is 5.69 Å². The summed E-state index contributed by atoms with van der Waals surface area (Å²) in [4.78, 5) is 0. The van der Waals surface area contributed by atoms with Crippen molar-refractivity contribution in [3.63, 3.8) is 0 Å². The number of nitrogen functional groups attached to an aromatic ring is 1. The van der Waals surface area contributed by atoms with Gasteiger partial charge in [-0.15, -0.1) is 0 Å². The first-order valence-corrected chi connectivity index (χ1v) is 6.39. The van der Waals surface area contributed by atoms with Gasteiger partial charge in [-0.2, -0.15) is 0 Å². The standard InChI is InChI=1S/C16H19NO2/c1-18-15-8-3-9-16(12-15)19-10-4-6-13-5-2-7-14(17)11-13/h2-3,5,7-9,11-12H,4,6,10,17H2,1H3. The molecule has 0 radical (unpaired) electrons. The molecule has 3 nitrogen and oxygen atoms in total. The molecule has 0 spiro atoms. The van der Waals surface area contributed by atoms with Gasteiger partial charge in [0.2, 0.25) is 0 Å². The SMILES string of the molecule is COc1cccc(OCCCc2cccc(N)c2)c1. The van der Waals surface area contributed by atoms with Crippen LogP contribution >= 0.6 is 0 Å². The average Bonchev–Trinajstić information content (AvgIpc) is 2.44. The van der Waals surface area contributed by atoms with Crippen molar-refractivity contribution < 1.29 is 9.47 Å². The Morgan fingerprint density at radius 3 is 2.58 bits per heavy atom. The topological polar surface area (TPSA) is 44.5 Å². The lowest BCUT2D eigenvalue weighted by Crippen LogP contribution is -2.00. The van der Waals surface area contributed by atoms with E-state index < -0.39 is 0 Å². The molecule has 19 heavy (non-hydrogen) atoms. The number of anilines is 1. The minimum absolute atomic E-state index is 0.683. The third kappa shape index (κ3) is 4.21. The summed E-state index contributed by atoms with van der Waals surface area (Å²) in [5.74, 6) is 1.65. The van der Waals surface area contributed by atoms with Crippen LogP contribution in [0.25, 0.3) is 0 Å². The molecule has 0 aliphatic rings. The number of hydrogen-bond donors (Lipinski definition) is 1. The van der Waals surface area contributed by atoms with Gasteiger partial charge in [0.25, 0.3) is 0 Å². The highest BCUT2D eigenvalue weighted by Crippen LogP contribution is 2.19. The van der Waals surface area contributed by atoms with E-state index in [-0.39, 0.29) is 0 Å². The van der Waals surface area contributed by atoms with Crippen LogP contribution in [-0.2, 0) is 6.42 Å². The second-order valence-corrected chi connectivity index (χ2v) is 4.38. The third-order valence-corrected chi connectivity index (χ3v) is 2.87. The van der Waals surface area contributed by atoms with Crippen LogP contribution < -0.4 is 15.2 Å². The molecule has 3 heteroatoms. The highest BCUT2D eigenvalue weighted by atomic mass is 16.5. The summed E-state index contributed by atoms with van der Waals surface area (Å²) in [6.45, 7) is 0.683. The quantitative estimate of drug-likeness (QED) is 0.638. The number of ether oxygens (including phenoxy) is 2. The normalized spacial score (nSPS) is 10.2. The van der Waals surface area contributed by atoms with Gasteiger partial charge in [-0.3, -0.25) is 0 Å². The number of nitrogens with two attached hydrogens (primary N) is 1. The molecule has 0 aliphatic carbocycles. The zero-order chi connectivity index (χ0) is 13.5. The van der Waals surface area contributed by atoms with Crippen LogP contribution in [0.15, 0.2) is 48.5 Å². The molecule has 0 heterocycles. The predicted molar refractivity (Wildman–Crippen MR) is 77.7 cm³/mol. The maximum absolute atomic E-state index is 5.74. The Bertz CT molecular complexity index is 526. The molecule has 0 aliphatic heterocycles. The lowest BCUT2D eigenvalue weighted by molar-refractivity contribution is 0.308. The highest BCUT2D eigenvalue weighted by molar-refractivity contribution is 5.40. The van der Waals surface area contributed by atoms with Crippen molar-refractivity contribution in [3.05, 3.63) is 54.1 Å². The minimum atomic E-state index is 0.683. The number of methoxy groups -OCH3 is 1. The Kier molecular flexibility index (Phi) is 4.67. The smallest absolute Gasteiger partial charge is 0.122 e. The third-order valence-electron chi connectivity index (χ3n) is 2.87. The van der Waals surface area contributed by atoms with Crippen molar-refractivity contribution in [2.24, 2.45) is 0 Å². The molecule has 0 saturated heterocycles. The van der Waals surface area contributed by atoms with Crippen molar-refractivity contribution in [1.29, 1.82) is 0 Å². The van der Waals surface area contributed by atoms with Crippen molar-refractivity contribution in [3.8, 4) is 11.5 Å².